The smallest absolute Gasteiger partial charge is 0.127 e. The highest BCUT2D eigenvalue weighted by Crippen LogP contribution is 2.74. The van der Waals surface area contributed by atoms with Gasteiger partial charge < -0.3 is 9.84 Å². The van der Waals surface area contributed by atoms with Crippen LogP contribution in [0.2, 0.25) is 0 Å². The Labute approximate surface area is 140 Å². The van der Waals surface area contributed by atoms with Gasteiger partial charge in [0.2, 0.25) is 0 Å². The Bertz CT molecular complexity index is 633. The largest absolute Gasteiger partial charge is 0.508 e. The minimum Gasteiger partial charge on any atom is -0.508 e. The van der Waals surface area contributed by atoms with E-state index in [2.05, 4.69) is 33.8 Å². The highest BCUT2D eigenvalue weighted by atomic mass is 16.5. The molecule has 0 amide bonds. The van der Waals surface area contributed by atoms with Crippen molar-refractivity contribution in [1.29, 1.82) is 0 Å². The van der Waals surface area contributed by atoms with Crippen LogP contribution in [0.15, 0.2) is 12.1 Å². The molecular formula is C21H30O2. The number of unbranched alkanes of at least 4 members (excludes halogenated alkanes) is 2. The van der Waals surface area contributed by atoms with E-state index in [1.165, 1.54) is 31.2 Å². The lowest BCUT2D eigenvalue weighted by atomic mass is 9.45. The standard InChI is InChI=1S/C21H30O2/c1-5-6-7-8-13-11-15(22)17-16(12-13)23-21(4)10-9-14-18(21)19(17)20(14,2)3/h11-12,14,18-19,22H,5-10H2,1-4H3/t14?,18?,19-,21-/m1/s1. The van der Waals surface area contributed by atoms with Crippen LogP contribution in [0, 0.1) is 17.3 Å². The molecular weight excluding hydrogens is 284 g/mol. The number of hydrogen-bond acceptors (Lipinski definition) is 2. The van der Waals surface area contributed by atoms with Crippen molar-refractivity contribution in [3.05, 3.63) is 23.3 Å². The molecule has 2 aliphatic carbocycles. The van der Waals surface area contributed by atoms with Gasteiger partial charge in [-0.15, -0.1) is 0 Å². The zero-order valence-electron chi connectivity index (χ0n) is 15.0. The van der Waals surface area contributed by atoms with E-state index in [1.54, 1.807) is 0 Å². The summed E-state index contributed by atoms with van der Waals surface area (Å²) in [5.74, 6) is 3.22. The molecule has 2 nitrogen and oxygen atoms in total. The third kappa shape index (κ3) is 1.99. The highest BCUT2D eigenvalue weighted by molar-refractivity contribution is 5.55. The monoisotopic (exact) mass is 314 g/mol. The van der Waals surface area contributed by atoms with E-state index in [9.17, 15) is 5.11 Å². The quantitative estimate of drug-likeness (QED) is 0.751. The summed E-state index contributed by atoms with van der Waals surface area (Å²) >= 11 is 0. The maximum atomic E-state index is 10.7. The molecule has 3 aliphatic rings. The average Bonchev–Trinajstić information content (AvgIpc) is 2.81. The van der Waals surface area contributed by atoms with Crippen molar-refractivity contribution in [2.45, 2.75) is 77.7 Å². The summed E-state index contributed by atoms with van der Waals surface area (Å²) < 4.78 is 6.51. The fourth-order valence-electron chi connectivity index (χ4n) is 5.92. The van der Waals surface area contributed by atoms with Crippen molar-refractivity contribution < 1.29 is 9.84 Å². The Morgan fingerprint density at radius 2 is 2.00 bits per heavy atom. The molecule has 0 aromatic heterocycles. The summed E-state index contributed by atoms with van der Waals surface area (Å²) in [5.41, 5.74) is 2.58. The fourth-order valence-corrected chi connectivity index (χ4v) is 5.92. The molecule has 126 valence electrons. The van der Waals surface area contributed by atoms with Gasteiger partial charge in [-0.05, 0) is 61.6 Å². The maximum absolute atomic E-state index is 10.7. The Morgan fingerprint density at radius 3 is 2.74 bits per heavy atom. The van der Waals surface area contributed by atoms with E-state index < -0.39 is 0 Å². The SMILES string of the molecule is CCCCCc1cc(O)c2c(c1)O[C@]1(C)CCC3C1[C@@H]2C3(C)C. The van der Waals surface area contributed by atoms with Crippen molar-refractivity contribution >= 4 is 0 Å². The van der Waals surface area contributed by atoms with E-state index >= 15 is 0 Å². The van der Waals surface area contributed by atoms with Crippen molar-refractivity contribution in [1.82, 2.24) is 0 Å². The molecule has 1 aliphatic heterocycles. The molecule has 23 heavy (non-hydrogen) atoms. The van der Waals surface area contributed by atoms with Gasteiger partial charge in [-0.25, -0.2) is 0 Å². The summed E-state index contributed by atoms with van der Waals surface area (Å²) in [7, 11) is 0. The molecule has 0 bridgehead atoms. The van der Waals surface area contributed by atoms with Gasteiger partial charge in [0, 0.05) is 17.4 Å². The van der Waals surface area contributed by atoms with Gasteiger partial charge in [0.05, 0.1) is 0 Å². The first-order valence-electron chi connectivity index (χ1n) is 9.43. The maximum Gasteiger partial charge on any atom is 0.127 e. The van der Waals surface area contributed by atoms with E-state index in [0.717, 1.165) is 30.1 Å². The minimum atomic E-state index is -0.0215. The van der Waals surface area contributed by atoms with E-state index in [1.807, 2.05) is 6.07 Å². The third-order valence-electron chi connectivity index (χ3n) is 7.11. The van der Waals surface area contributed by atoms with Gasteiger partial charge in [0.15, 0.2) is 0 Å². The van der Waals surface area contributed by atoms with Crippen LogP contribution in [0.1, 0.15) is 76.8 Å². The Balaban J connectivity index is 1.73. The molecule has 2 unspecified atom stereocenters. The minimum absolute atomic E-state index is 0.0215. The number of fused-ring (bicyclic) bond motifs is 2. The zero-order chi connectivity index (χ0) is 16.4. The number of aryl methyl sites for hydroxylation is 1. The molecule has 0 spiro atoms. The molecule has 1 aromatic carbocycles. The molecule has 0 radical (unpaired) electrons. The van der Waals surface area contributed by atoms with Gasteiger partial charge >= 0.3 is 0 Å². The highest BCUT2D eigenvalue weighted by Gasteiger charge is 2.69. The number of phenols is 1. The second-order valence-corrected chi connectivity index (χ2v) is 8.87. The number of benzene rings is 1. The van der Waals surface area contributed by atoms with E-state index in [4.69, 9.17) is 4.74 Å². The van der Waals surface area contributed by atoms with Crippen LogP contribution in [0.5, 0.6) is 11.5 Å². The first kappa shape index (κ1) is 15.4. The van der Waals surface area contributed by atoms with Gasteiger partial charge in [0.1, 0.15) is 17.1 Å². The predicted octanol–water partition coefficient (Wildman–Crippen LogP) is 5.43. The topological polar surface area (TPSA) is 29.5 Å². The Hall–Kier alpha value is -1.18. The van der Waals surface area contributed by atoms with Crippen molar-refractivity contribution in [2.75, 3.05) is 0 Å². The first-order chi connectivity index (χ1) is 10.9. The Morgan fingerprint density at radius 1 is 1.22 bits per heavy atom. The molecule has 2 heteroatoms. The molecule has 1 aromatic rings. The summed E-state index contributed by atoms with van der Waals surface area (Å²) in [6.07, 6.45) is 7.12. The summed E-state index contributed by atoms with van der Waals surface area (Å²) in [4.78, 5) is 0. The number of rotatable bonds is 4. The Kier molecular flexibility index (Phi) is 3.28. The number of phenolic OH excluding ortho intramolecular Hbond substituents is 1. The molecule has 0 saturated heterocycles. The fraction of sp³-hybridized carbons (Fsp3) is 0.714. The van der Waals surface area contributed by atoms with Crippen LogP contribution >= 0.6 is 0 Å². The molecule has 4 atom stereocenters. The predicted molar refractivity (Wildman–Crippen MR) is 93.1 cm³/mol. The van der Waals surface area contributed by atoms with Gasteiger partial charge in [0.25, 0.3) is 0 Å². The second-order valence-electron chi connectivity index (χ2n) is 8.87. The van der Waals surface area contributed by atoms with Crippen LogP contribution in [0.4, 0.5) is 0 Å². The number of ether oxygens (including phenoxy) is 1. The lowest BCUT2D eigenvalue weighted by Gasteiger charge is -2.62. The molecule has 2 fully saturated rings. The first-order valence-corrected chi connectivity index (χ1v) is 9.43. The summed E-state index contributed by atoms with van der Waals surface area (Å²) in [5, 5.41) is 10.7. The van der Waals surface area contributed by atoms with Crippen LogP contribution < -0.4 is 4.74 Å². The van der Waals surface area contributed by atoms with Gasteiger partial charge in [-0.3, -0.25) is 0 Å². The summed E-state index contributed by atoms with van der Waals surface area (Å²) in [6.45, 7) is 9.29. The second kappa shape index (κ2) is 4.91. The zero-order valence-corrected chi connectivity index (χ0v) is 15.0. The van der Waals surface area contributed by atoms with Crippen LogP contribution in [0.3, 0.4) is 0 Å². The molecule has 1 heterocycles. The third-order valence-corrected chi connectivity index (χ3v) is 7.11. The number of hydrogen-bond donors (Lipinski definition) is 1. The molecule has 1 N–H and O–H groups in total. The van der Waals surface area contributed by atoms with Crippen LogP contribution in [0.25, 0.3) is 0 Å². The van der Waals surface area contributed by atoms with Crippen molar-refractivity contribution in [3.63, 3.8) is 0 Å². The normalized spacial score (nSPS) is 35.9. The van der Waals surface area contributed by atoms with E-state index in [-0.39, 0.29) is 11.0 Å². The van der Waals surface area contributed by atoms with E-state index in [0.29, 0.717) is 17.6 Å². The van der Waals surface area contributed by atoms with Crippen LogP contribution in [-0.4, -0.2) is 10.7 Å². The van der Waals surface area contributed by atoms with Gasteiger partial charge in [-0.1, -0.05) is 33.6 Å². The lowest BCUT2D eigenvalue weighted by molar-refractivity contribution is -0.121. The summed E-state index contributed by atoms with van der Waals surface area (Å²) in [6, 6.07) is 4.22. The lowest BCUT2D eigenvalue weighted by Crippen LogP contribution is -2.59. The van der Waals surface area contributed by atoms with Gasteiger partial charge in [-0.2, -0.15) is 0 Å². The average molecular weight is 314 g/mol. The molecule has 4 rings (SSSR count). The van der Waals surface area contributed by atoms with Crippen molar-refractivity contribution in [2.24, 2.45) is 17.3 Å². The molecule has 2 saturated carbocycles. The number of aromatic hydroxyl groups is 1. The van der Waals surface area contributed by atoms with Crippen molar-refractivity contribution in [3.8, 4) is 11.5 Å². The van der Waals surface area contributed by atoms with Crippen LogP contribution in [-0.2, 0) is 6.42 Å².